The van der Waals surface area contributed by atoms with Crippen LogP contribution >= 0.6 is 0 Å². The summed E-state index contributed by atoms with van der Waals surface area (Å²) in [5.41, 5.74) is 0. The van der Waals surface area contributed by atoms with Crippen LogP contribution in [-0.2, 0) is 4.74 Å². The largest absolute Gasteiger partial charge is 0.450 e. The van der Waals surface area contributed by atoms with E-state index in [2.05, 4.69) is 24.3 Å². The van der Waals surface area contributed by atoms with Gasteiger partial charge in [-0.1, -0.05) is 24.3 Å². The first-order valence-electron chi connectivity index (χ1n) is 5.56. The lowest BCUT2D eigenvalue weighted by molar-refractivity contribution is 0.102. The summed E-state index contributed by atoms with van der Waals surface area (Å²) in [5.74, 6) is 0.820. The average Bonchev–Trinajstić information content (AvgIpc) is 2.50. The van der Waals surface area contributed by atoms with Gasteiger partial charge in [-0.05, 0) is 19.3 Å². The van der Waals surface area contributed by atoms with Crippen molar-refractivity contribution in [3.8, 4) is 0 Å². The van der Waals surface area contributed by atoms with Crippen molar-refractivity contribution in [1.82, 2.24) is 4.90 Å². The first-order valence-corrected chi connectivity index (χ1v) is 5.56. The maximum absolute atomic E-state index is 11.6. The number of nitrogens with zero attached hydrogens (tertiary/aromatic N) is 1. The lowest BCUT2D eigenvalue weighted by Gasteiger charge is -2.26. The summed E-state index contributed by atoms with van der Waals surface area (Å²) in [6.45, 7) is 3.83. The summed E-state index contributed by atoms with van der Waals surface area (Å²) >= 11 is 0. The number of rotatable bonds is 1. The molecule has 3 heteroatoms. The number of allylic oxidation sites excluding steroid dienone is 1. The maximum Gasteiger partial charge on any atom is 0.409 e. The topological polar surface area (TPSA) is 29.5 Å². The standard InChI is InChI=1S/C12H17NO2/c1-2-15-12(14)13-8-10-4-3-5-11(9-13)7-6-10/h3-4,6-7,10-11H,2,5,8-9H2,1H3. The highest BCUT2D eigenvalue weighted by atomic mass is 16.6. The fourth-order valence-corrected chi connectivity index (χ4v) is 2.10. The first-order chi connectivity index (χ1) is 7.29. The molecule has 0 radical (unpaired) electrons. The lowest BCUT2D eigenvalue weighted by Crippen LogP contribution is -2.37. The van der Waals surface area contributed by atoms with E-state index in [0.29, 0.717) is 18.4 Å². The van der Waals surface area contributed by atoms with E-state index in [1.165, 1.54) is 0 Å². The molecule has 0 aromatic carbocycles. The van der Waals surface area contributed by atoms with Gasteiger partial charge in [-0.15, -0.1) is 0 Å². The Morgan fingerprint density at radius 2 is 2.27 bits per heavy atom. The van der Waals surface area contributed by atoms with Gasteiger partial charge in [0.25, 0.3) is 0 Å². The summed E-state index contributed by atoms with van der Waals surface area (Å²) in [7, 11) is 0. The van der Waals surface area contributed by atoms with E-state index in [-0.39, 0.29) is 6.09 Å². The summed E-state index contributed by atoms with van der Waals surface area (Å²) < 4.78 is 5.04. The minimum Gasteiger partial charge on any atom is -0.450 e. The Balaban J connectivity index is 2.06. The van der Waals surface area contributed by atoms with Crippen LogP contribution in [0.1, 0.15) is 13.3 Å². The normalized spacial score (nSPS) is 28.7. The predicted octanol–water partition coefficient (Wildman–Crippen LogP) is 2.21. The van der Waals surface area contributed by atoms with Crippen molar-refractivity contribution in [2.45, 2.75) is 13.3 Å². The zero-order chi connectivity index (χ0) is 10.7. The van der Waals surface area contributed by atoms with Crippen molar-refractivity contribution in [3.63, 3.8) is 0 Å². The molecular weight excluding hydrogens is 190 g/mol. The molecule has 0 aromatic heterocycles. The average molecular weight is 207 g/mol. The Morgan fingerprint density at radius 1 is 1.40 bits per heavy atom. The summed E-state index contributed by atoms with van der Waals surface area (Å²) in [6.07, 6.45) is 9.69. The van der Waals surface area contributed by atoms with Crippen LogP contribution in [0.15, 0.2) is 24.3 Å². The van der Waals surface area contributed by atoms with Crippen molar-refractivity contribution >= 4 is 6.09 Å². The molecule has 2 rings (SSSR count). The number of hydrogen-bond donors (Lipinski definition) is 0. The molecule has 1 amide bonds. The van der Waals surface area contributed by atoms with Crippen molar-refractivity contribution in [1.29, 1.82) is 0 Å². The van der Waals surface area contributed by atoms with Crippen LogP contribution in [0, 0.1) is 11.8 Å². The molecule has 1 heterocycles. The lowest BCUT2D eigenvalue weighted by atomic mass is 10.1. The van der Waals surface area contributed by atoms with Gasteiger partial charge in [0.05, 0.1) is 6.61 Å². The van der Waals surface area contributed by atoms with Gasteiger partial charge in [0, 0.05) is 19.0 Å². The Morgan fingerprint density at radius 3 is 3.07 bits per heavy atom. The fraction of sp³-hybridized carbons (Fsp3) is 0.583. The van der Waals surface area contributed by atoms with Crippen molar-refractivity contribution in [3.05, 3.63) is 24.3 Å². The van der Waals surface area contributed by atoms with Crippen LogP contribution in [0.4, 0.5) is 4.79 Å². The number of hydrogen-bond acceptors (Lipinski definition) is 2. The molecule has 3 nitrogen and oxygen atoms in total. The van der Waals surface area contributed by atoms with Crippen LogP contribution in [-0.4, -0.2) is 30.7 Å². The van der Waals surface area contributed by atoms with E-state index < -0.39 is 0 Å². The molecule has 2 atom stereocenters. The molecule has 0 N–H and O–H groups in total. The summed E-state index contributed by atoms with van der Waals surface area (Å²) in [4.78, 5) is 13.5. The molecule has 0 saturated heterocycles. The van der Waals surface area contributed by atoms with E-state index in [4.69, 9.17) is 4.74 Å². The molecule has 0 aromatic rings. The van der Waals surface area contributed by atoms with Crippen molar-refractivity contribution in [2.24, 2.45) is 11.8 Å². The van der Waals surface area contributed by atoms with Gasteiger partial charge in [0.1, 0.15) is 0 Å². The Bertz CT molecular complexity index is 296. The second kappa shape index (κ2) is 4.51. The molecule has 82 valence electrons. The Labute approximate surface area is 90.4 Å². The van der Waals surface area contributed by atoms with Crippen LogP contribution < -0.4 is 0 Å². The van der Waals surface area contributed by atoms with Crippen LogP contribution in [0.2, 0.25) is 0 Å². The van der Waals surface area contributed by atoms with Gasteiger partial charge in [0.2, 0.25) is 0 Å². The zero-order valence-corrected chi connectivity index (χ0v) is 9.06. The third-order valence-corrected chi connectivity index (χ3v) is 2.86. The highest BCUT2D eigenvalue weighted by Crippen LogP contribution is 2.22. The number of fused-ring (bicyclic) bond motifs is 2. The minimum absolute atomic E-state index is 0.175. The molecule has 2 bridgehead atoms. The number of carbonyl (C=O) groups is 1. The highest BCUT2D eigenvalue weighted by molar-refractivity contribution is 5.67. The Kier molecular flexibility index (Phi) is 3.09. The second-order valence-electron chi connectivity index (χ2n) is 4.08. The quantitative estimate of drug-likeness (QED) is 0.617. The molecule has 15 heavy (non-hydrogen) atoms. The maximum atomic E-state index is 11.6. The van der Waals surface area contributed by atoms with Gasteiger partial charge in [-0.2, -0.15) is 0 Å². The third kappa shape index (κ3) is 2.41. The number of amides is 1. The zero-order valence-electron chi connectivity index (χ0n) is 9.06. The minimum atomic E-state index is -0.175. The van der Waals surface area contributed by atoms with Crippen LogP contribution in [0.25, 0.3) is 0 Å². The molecule has 0 spiro atoms. The third-order valence-electron chi connectivity index (χ3n) is 2.86. The predicted molar refractivity (Wildman–Crippen MR) is 58.5 cm³/mol. The van der Waals surface area contributed by atoms with Gasteiger partial charge >= 0.3 is 6.09 Å². The monoisotopic (exact) mass is 207 g/mol. The number of ether oxygens (including phenoxy) is 1. The molecule has 1 aliphatic heterocycles. The van der Waals surface area contributed by atoms with Gasteiger partial charge in [0.15, 0.2) is 0 Å². The SMILES string of the molecule is CCOC(=O)N1CC2C=CCC(C=C2)C1. The van der Waals surface area contributed by atoms with Crippen molar-refractivity contribution in [2.75, 3.05) is 19.7 Å². The molecule has 0 saturated carbocycles. The first kappa shape index (κ1) is 10.3. The Hall–Kier alpha value is -1.25. The molecule has 2 aliphatic rings. The fourth-order valence-electron chi connectivity index (χ4n) is 2.10. The van der Waals surface area contributed by atoms with Crippen molar-refractivity contribution < 1.29 is 9.53 Å². The smallest absolute Gasteiger partial charge is 0.409 e. The summed E-state index contributed by atoms with van der Waals surface area (Å²) in [6, 6.07) is 0. The molecule has 0 fully saturated rings. The van der Waals surface area contributed by atoms with Crippen LogP contribution in [0.5, 0.6) is 0 Å². The van der Waals surface area contributed by atoms with E-state index in [1.54, 1.807) is 0 Å². The van der Waals surface area contributed by atoms with E-state index in [9.17, 15) is 4.79 Å². The molecule has 1 aliphatic carbocycles. The molecule has 2 unspecified atom stereocenters. The number of carbonyl (C=O) groups excluding carboxylic acids is 1. The molecular formula is C12H17NO2. The van der Waals surface area contributed by atoms with Gasteiger partial charge in [-0.3, -0.25) is 0 Å². The summed E-state index contributed by atoms with van der Waals surface area (Å²) in [5, 5.41) is 0. The van der Waals surface area contributed by atoms with E-state index in [1.807, 2.05) is 11.8 Å². The highest BCUT2D eigenvalue weighted by Gasteiger charge is 2.24. The van der Waals surface area contributed by atoms with Gasteiger partial charge in [-0.25, -0.2) is 4.79 Å². The van der Waals surface area contributed by atoms with E-state index >= 15 is 0 Å². The van der Waals surface area contributed by atoms with E-state index in [0.717, 1.165) is 19.5 Å². The van der Waals surface area contributed by atoms with Crippen LogP contribution in [0.3, 0.4) is 0 Å². The van der Waals surface area contributed by atoms with Gasteiger partial charge < -0.3 is 9.64 Å². The second-order valence-corrected chi connectivity index (χ2v) is 4.08.